The van der Waals surface area contributed by atoms with E-state index < -0.39 is 0 Å². The molecule has 8 heteroatoms. The highest BCUT2D eigenvalue weighted by Crippen LogP contribution is 2.29. The van der Waals surface area contributed by atoms with Gasteiger partial charge in [0.05, 0.1) is 16.6 Å². The monoisotopic (exact) mass is 357 g/mol. The molecule has 2 amide bonds. The summed E-state index contributed by atoms with van der Waals surface area (Å²) in [4.78, 5) is 24.5. The Morgan fingerprint density at radius 2 is 1.68 bits per heavy atom. The summed E-state index contributed by atoms with van der Waals surface area (Å²) in [5.41, 5.74) is 0.874. The lowest BCUT2D eigenvalue weighted by atomic mass is 10.2. The van der Waals surface area contributed by atoms with Gasteiger partial charge in [-0.3, -0.25) is 14.3 Å². The number of amides is 2. The molecular weight excluding hydrogens is 349 g/mol. The van der Waals surface area contributed by atoms with Gasteiger partial charge >= 0.3 is 0 Å². The smallest absolute Gasteiger partial charge is 0.235 e. The SMILES string of the molecule is O=C1CCC(=O)N1c1nn(Cc2ccc(Cl)c(Cl)c2)cc1Cl. The van der Waals surface area contributed by atoms with E-state index in [1.165, 1.54) is 0 Å². The van der Waals surface area contributed by atoms with Crippen molar-refractivity contribution in [2.24, 2.45) is 0 Å². The van der Waals surface area contributed by atoms with Gasteiger partial charge in [0, 0.05) is 19.0 Å². The molecule has 1 aliphatic heterocycles. The van der Waals surface area contributed by atoms with E-state index in [0.717, 1.165) is 10.5 Å². The molecule has 22 heavy (non-hydrogen) atoms. The van der Waals surface area contributed by atoms with E-state index in [-0.39, 0.29) is 35.5 Å². The minimum Gasteiger partial charge on any atom is -0.274 e. The van der Waals surface area contributed by atoms with Crippen LogP contribution >= 0.6 is 34.8 Å². The summed E-state index contributed by atoms with van der Waals surface area (Å²) in [5.74, 6) is -0.396. The van der Waals surface area contributed by atoms with Crippen LogP contribution in [0.15, 0.2) is 24.4 Å². The maximum absolute atomic E-state index is 11.8. The number of hydrogen-bond donors (Lipinski definition) is 0. The molecule has 1 aliphatic rings. The lowest BCUT2D eigenvalue weighted by Crippen LogP contribution is -2.29. The zero-order chi connectivity index (χ0) is 15.9. The van der Waals surface area contributed by atoms with Crippen LogP contribution in [0, 0.1) is 0 Å². The molecule has 2 heterocycles. The van der Waals surface area contributed by atoms with Gasteiger partial charge in [-0.1, -0.05) is 40.9 Å². The topological polar surface area (TPSA) is 55.2 Å². The fraction of sp³-hybridized carbons (Fsp3) is 0.214. The third kappa shape index (κ3) is 2.84. The Bertz CT molecular complexity index is 757. The summed E-state index contributed by atoms with van der Waals surface area (Å²) in [6.07, 6.45) is 1.95. The van der Waals surface area contributed by atoms with E-state index in [2.05, 4.69) is 5.10 Å². The van der Waals surface area contributed by atoms with E-state index in [1.54, 1.807) is 23.0 Å². The molecule has 114 valence electrons. The predicted molar refractivity (Wildman–Crippen MR) is 84.5 cm³/mol. The van der Waals surface area contributed by atoms with Gasteiger partial charge in [0.25, 0.3) is 0 Å². The molecule has 0 unspecified atom stereocenters. The molecule has 1 fully saturated rings. The molecule has 1 aromatic heterocycles. The highest BCUT2D eigenvalue weighted by atomic mass is 35.5. The summed E-state index contributed by atoms with van der Waals surface area (Å²) >= 11 is 17.9. The van der Waals surface area contributed by atoms with Crippen LogP contribution in [0.4, 0.5) is 5.82 Å². The second-order valence-electron chi connectivity index (χ2n) is 4.87. The Morgan fingerprint density at radius 1 is 1.00 bits per heavy atom. The van der Waals surface area contributed by atoms with Gasteiger partial charge in [-0.25, -0.2) is 4.90 Å². The maximum atomic E-state index is 11.8. The molecule has 0 atom stereocenters. The average Bonchev–Trinajstić information content (AvgIpc) is 2.97. The number of nitrogens with zero attached hydrogens (tertiary/aromatic N) is 3. The van der Waals surface area contributed by atoms with E-state index in [0.29, 0.717) is 16.6 Å². The number of carbonyl (C=O) groups excluding carboxylic acids is 2. The van der Waals surface area contributed by atoms with Gasteiger partial charge in [-0.2, -0.15) is 5.10 Å². The quantitative estimate of drug-likeness (QED) is 0.789. The van der Waals surface area contributed by atoms with Crippen molar-refractivity contribution in [3.63, 3.8) is 0 Å². The van der Waals surface area contributed by atoms with Crippen molar-refractivity contribution < 1.29 is 9.59 Å². The summed E-state index contributed by atoms with van der Waals surface area (Å²) in [7, 11) is 0. The molecule has 0 saturated carbocycles. The van der Waals surface area contributed by atoms with Crippen molar-refractivity contribution in [1.29, 1.82) is 0 Å². The molecule has 0 aliphatic carbocycles. The fourth-order valence-corrected chi connectivity index (χ4v) is 2.81. The van der Waals surface area contributed by atoms with Crippen LogP contribution in [0.25, 0.3) is 0 Å². The van der Waals surface area contributed by atoms with Crippen molar-refractivity contribution in [2.75, 3.05) is 4.90 Å². The molecule has 0 spiro atoms. The van der Waals surface area contributed by atoms with Crippen LogP contribution in [0.2, 0.25) is 15.1 Å². The van der Waals surface area contributed by atoms with E-state index in [1.807, 2.05) is 6.07 Å². The minimum atomic E-state index is -0.285. The fourth-order valence-electron chi connectivity index (χ4n) is 2.26. The van der Waals surface area contributed by atoms with Crippen LogP contribution < -0.4 is 4.90 Å². The van der Waals surface area contributed by atoms with Crippen LogP contribution in [-0.4, -0.2) is 21.6 Å². The first-order chi connectivity index (χ1) is 10.5. The first kappa shape index (κ1) is 15.3. The van der Waals surface area contributed by atoms with Gasteiger partial charge < -0.3 is 0 Å². The van der Waals surface area contributed by atoms with Crippen LogP contribution in [0.3, 0.4) is 0 Å². The summed E-state index contributed by atoms with van der Waals surface area (Å²) in [6.45, 7) is 0.396. The number of aromatic nitrogens is 2. The number of rotatable bonds is 3. The van der Waals surface area contributed by atoms with Gasteiger partial charge in [0.1, 0.15) is 5.02 Å². The van der Waals surface area contributed by atoms with Gasteiger partial charge in [0.2, 0.25) is 11.8 Å². The Labute approximate surface area is 141 Å². The van der Waals surface area contributed by atoms with E-state index >= 15 is 0 Å². The highest BCUT2D eigenvalue weighted by molar-refractivity contribution is 6.42. The molecule has 3 rings (SSSR count). The molecule has 1 saturated heterocycles. The lowest BCUT2D eigenvalue weighted by Gasteiger charge is -2.10. The number of carbonyl (C=O) groups is 2. The number of imide groups is 1. The van der Waals surface area contributed by atoms with E-state index in [9.17, 15) is 9.59 Å². The van der Waals surface area contributed by atoms with Gasteiger partial charge in [0.15, 0.2) is 5.82 Å². The predicted octanol–water partition coefficient (Wildman–Crippen LogP) is 3.55. The number of benzene rings is 1. The van der Waals surface area contributed by atoms with Gasteiger partial charge in [-0.15, -0.1) is 0 Å². The van der Waals surface area contributed by atoms with Crippen molar-refractivity contribution >= 4 is 52.4 Å². The number of hydrogen-bond acceptors (Lipinski definition) is 3. The van der Waals surface area contributed by atoms with Gasteiger partial charge in [-0.05, 0) is 17.7 Å². The zero-order valence-corrected chi connectivity index (χ0v) is 13.5. The summed E-state index contributed by atoms with van der Waals surface area (Å²) in [5, 5.41) is 5.40. The van der Waals surface area contributed by atoms with Crippen molar-refractivity contribution in [1.82, 2.24) is 9.78 Å². The third-order valence-corrected chi connectivity index (χ3v) is 4.30. The van der Waals surface area contributed by atoms with Crippen LogP contribution in [0.1, 0.15) is 18.4 Å². The summed E-state index contributed by atoms with van der Waals surface area (Å²) < 4.78 is 1.55. The van der Waals surface area contributed by atoms with E-state index in [4.69, 9.17) is 34.8 Å². The molecule has 0 radical (unpaired) electrons. The van der Waals surface area contributed by atoms with Crippen LogP contribution in [0.5, 0.6) is 0 Å². The Morgan fingerprint density at radius 3 is 2.32 bits per heavy atom. The normalized spacial score (nSPS) is 15.0. The summed E-state index contributed by atoms with van der Waals surface area (Å²) in [6, 6.07) is 5.24. The number of halogens is 3. The zero-order valence-electron chi connectivity index (χ0n) is 11.2. The maximum Gasteiger partial charge on any atom is 0.235 e. The Hall–Kier alpha value is -1.56. The van der Waals surface area contributed by atoms with Crippen molar-refractivity contribution in [3.05, 3.63) is 45.0 Å². The van der Waals surface area contributed by atoms with Crippen molar-refractivity contribution in [2.45, 2.75) is 19.4 Å². The molecular formula is C14H10Cl3N3O2. The molecule has 0 bridgehead atoms. The Kier molecular flexibility index (Phi) is 4.12. The molecule has 1 aromatic carbocycles. The largest absolute Gasteiger partial charge is 0.274 e. The van der Waals surface area contributed by atoms with Crippen LogP contribution in [-0.2, 0) is 16.1 Å². The first-order valence-corrected chi connectivity index (χ1v) is 7.62. The van der Waals surface area contributed by atoms with Crippen molar-refractivity contribution in [3.8, 4) is 0 Å². The molecule has 0 N–H and O–H groups in total. The first-order valence-electron chi connectivity index (χ1n) is 6.48. The highest BCUT2D eigenvalue weighted by Gasteiger charge is 2.33. The molecule has 2 aromatic rings. The minimum absolute atomic E-state index is 0.175. The lowest BCUT2D eigenvalue weighted by molar-refractivity contribution is -0.121. The standard InChI is InChI=1S/C14H10Cl3N3O2/c15-9-2-1-8(5-10(9)16)6-19-7-11(17)14(18-19)20-12(21)3-4-13(20)22/h1-2,5,7H,3-4,6H2. The second kappa shape index (κ2) is 5.91. The third-order valence-electron chi connectivity index (χ3n) is 3.29. The average molecular weight is 359 g/mol. The molecule has 5 nitrogen and oxygen atoms in total. The Balaban J connectivity index is 1.87. The second-order valence-corrected chi connectivity index (χ2v) is 6.09. The number of anilines is 1.